The molecule has 2 rings (SSSR count). The van der Waals surface area contributed by atoms with Crippen molar-refractivity contribution in [2.45, 2.75) is 6.92 Å². The largest absolute Gasteiger partial charge is 0.236 e. The van der Waals surface area contributed by atoms with Gasteiger partial charge in [0.15, 0.2) is 0 Å². The third-order valence-corrected chi connectivity index (χ3v) is 2.59. The standard InChI is InChI=1S/C10H6Cl2FN/c1-5-8(13)3-2-6-7(11)4-9(12)14-10(5)6/h2-4H,1H3. The number of hydrogen-bond donors (Lipinski definition) is 0. The smallest absolute Gasteiger partial charge is 0.131 e. The summed E-state index contributed by atoms with van der Waals surface area (Å²) >= 11 is 11.7. The summed E-state index contributed by atoms with van der Waals surface area (Å²) in [6, 6.07) is 4.52. The molecule has 0 spiro atoms. The summed E-state index contributed by atoms with van der Waals surface area (Å²) in [5.41, 5.74) is 0.981. The van der Waals surface area contributed by atoms with Gasteiger partial charge in [0.05, 0.1) is 10.5 Å². The van der Waals surface area contributed by atoms with Gasteiger partial charge in [-0.2, -0.15) is 0 Å². The lowest BCUT2D eigenvalue weighted by Gasteiger charge is -2.04. The molecule has 0 N–H and O–H groups in total. The summed E-state index contributed by atoms with van der Waals surface area (Å²) in [6.07, 6.45) is 0. The normalized spacial score (nSPS) is 10.9. The molecule has 0 radical (unpaired) electrons. The van der Waals surface area contributed by atoms with Crippen LogP contribution < -0.4 is 0 Å². The molecular formula is C10H6Cl2FN. The van der Waals surface area contributed by atoms with Crippen molar-refractivity contribution >= 4 is 34.1 Å². The second-order valence-electron chi connectivity index (χ2n) is 3.00. The molecule has 0 atom stereocenters. The zero-order valence-electron chi connectivity index (χ0n) is 7.31. The van der Waals surface area contributed by atoms with E-state index in [0.29, 0.717) is 16.1 Å². The SMILES string of the molecule is Cc1c(F)ccc2c(Cl)cc(Cl)nc12. The summed E-state index contributed by atoms with van der Waals surface area (Å²) in [4.78, 5) is 4.04. The van der Waals surface area contributed by atoms with Crippen LogP contribution in [0, 0.1) is 12.7 Å². The van der Waals surface area contributed by atoms with Crippen molar-refractivity contribution in [1.29, 1.82) is 0 Å². The number of benzene rings is 1. The molecule has 4 heteroatoms. The van der Waals surface area contributed by atoms with Crippen LogP contribution in [0.5, 0.6) is 0 Å². The minimum absolute atomic E-state index is 0.274. The molecular weight excluding hydrogens is 224 g/mol. The monoisotopic (exact) mass is 229 g/mol. The van der Waals surface area contributed by atoms with E-state index in [2.05, 4.69) is 4.98 Å². The number of rotatable bonds is 0. The van der Waals surface area contributed by atoms with Gasteiger partial charge >= 0.3 is 0 Å². The zero-order valence-corrected chi connectivity index (χ0v) is 8.83. The predicted octanol–water partition coefficient (Wildman–Crippen LogP) is 3.99. The van der Waals surface area contributed by atoms with Crippen LogP contribution in [-0.4, -0.2) is 4.98 Å². The minimum atomic E-state index is -0.302. The van der Waals surface area contributed by atoms with Crippen LogP contribution in [0.25, 0.3) is 10.9 Å². The van der Waals surface area contributed by atoms with E-state index in [4.69, 9.17) is 23.2 Å². The van der Waals surface area contributed by atoms with E-state index in [0.717, 1.165) is 5.39 Å². The highest BCUT2D eigenvalue weighted by molar-refractivity contribution is 6.37. The first kappa shape index (κ1) is 9.69. The summed E-state index contributed by atoms with van der Waals surface area (Å²) in [5, 5.41) is 1.48. The molecule has 0 fully saturated rings. The highest BCUT2D eigenvalue weighted by Crippen LogP contribution is 2.28. The van der Waals surface area contributed by atoms with Crippen LogP contribution >= 0.6 is 23.2 Å². The third-order valence-electron chi connectivity index (χ3n) is 2.09. The van der Waals surface area contributed by atoms with Crippen molar-refractivity contribution < 1.29 is 4.39 Å². The molecule has 0 saturated carbocycles. The summed E-state index contributed by atoms with van der Waals surface area (Å²) in [5.74, 6) is -0.302. The predicted molar refractivity (Wildman–Crippen MR) is 56.5 cm³/mol. The van der Waals surface area contributed by atoms with Gasteiger partial charge in [-0.05, 0) is 25.1 Å². The topological polar surface area (TPSA) is 12.9 Å². The summed E-state index contributed by atoms with van der Waals surface area (Å²) in [7, 11) is 0. The van der Waals surface area contributed by atoms with Crippen LogP contribution in [-0.2, 0) is 0 Å². The number of pyridine rings is 1. The van der Waals surface area contributed by atoms with Crippen LogP contribution in [0.4, 0.5) is 4.39 Å². The Morgan fingerprint density at radius 1 is 1.29 bits per heavy atom. The van der Waals surface area contributed by atoms with E-state index < -0.39 is 0 Å². The summed E-state index contributed by atoms with van der Waals surface area (Å²) in [6.45, 7) is 1.65. The van der Waals surface area contributed by atoms with E-state index >= 15 is 0 Å². The second-order valence-corrected chi connectivity index (χ2v) is 3.79. The average Bonchev–Trinajstić information content (AvgIpc) is 2.12. The molecule has 1 aromatic heterocycles. The molecule has 0 unspecified atom stereocenters. The molecule has 1 heterocycles. The van der Waals surface area contributed by atoms with E-state index in [9.17, 15) is 4.39 Å². The lowest BCUT2D eigenvalue weighted by Crippen LogP contribution is -1.89. The molecule has 14 heavy (non-hydrogen) atoms. The quantitative estimate of drug-likeness (QED) is 0.623. The van der Waals surface area contributed by atoms with Crippen molar-refractivity contribution in [3.8, 4) is 0 Å². The summed E-state index contributed by atoms with van der Waals surface area (Å²) < 4.78 is 13.2. The number of aryl methyl sites for hydroxylation is 1. The Balaban J connectivity index is 2.95. The Bertz CT molecular complexity index is 511. The molecule has 0 bridgehead atoms. The number of aromatic nitrogens is 1. The zero-order chi connectivity index (χ0) is 10.3. The highest BCUT2D eigenvalue weighted by atomic mass is 35.5. The fourth-order valence-corrected chi connectivity index (χ4v) is 1.84. The van der Waals surface area contributed by atoms with Crippen molar-refractivity contribution in [3.63, 3.8) is 0 Å². The van der Waals surface area contributed by atoms with Crippen molar-refractivity contribution in [1.82, 2.24) is 4.98 Å². The Morgan fingerprint density at radius 2 is 2.00 bits per heavy atom. The first-order valence-electron chi connectivity index (χ1n) is 4.00. The Labute approximate surface area is 90.5 Å². The van der Waals surface area contributed by atoms with Gasteiger partial charge < -0.3 is 0 Å². The second kappa shape index (κ2) is 3.37. The first-order valence-corrected chi connectivity index (χ1v) is 4.76. The van der Waals surface area contributed by atoms with Gasteiger partial charge in [0.2, 0.25) is 0 Å². The van der Waals surface area contributed by atoms with Gasteiger partial charge in [-0.3, -0.25) is 0 Å². The Hall–Kier alpha value is -0.860. The minimum Gasteiger partial charge on any atom is -0.236 e. The average molecular weight is 230 g/mol. The molecule has 72 valence electrons. The molecule has 1 aromatic carbocycles. The molecule has 0 aliphatic carbocycles. The number of fused-ring (bicyclic) bond motifs is 1. The van der Waals surface area contributed by atoms with Gasteiger partial charge in [-0.25, -0.2) is 9.37 Å². The number of halogens is 3. The van der Waals surface area contributed by atoms with Crippen molar-refractivity contribution in [3.05, 3.63) is 39.8 Å². The maximum atomic E-state index is 13.2. The van der Waals surface area contributed by atoms with E-state index in [-0.39, 0.29) is 11.0 Å². The number of hydrogen-bond acceptors (Lipinski definition) is 1. The van der Waals surface area contributed by atoms with Crippen molar-refractivity contribution in [2.75, 3.05) is 0 Å². The number of nitrogens with zero attached hydrogens (tertiary/aromatic N) is 1. The molecule has 2 aromatic rings. The highest BCUT2D eigenvalue weighted by Gasteiger charge is 2.08. The van der Waals surface area contributed by atoms with E-state index in [1.165, 1.54) is 6.07 Å². The van der Waals surface area contributed by atoms with Gasteiger partial charge in [0.1, 0.15) is 11.0 Å². The molecule has 0 aliphatic rings. The van der Waals surface area contributed by atoms with Gasteiger partial charge in [0.25, 0.3) is 0 Å². The first-order chi connectivity index (χ1) is 6.59. The lowest BCUT2D eigenvalue weighted by atomic mass is 10.1. The van der Waals surface area contributed by atoms with Gasteiger partial charge in [-0.15, -0.1) is 0 Å². The Morgan fingerprint density at radius 3 is 2.71 bits per heavy atom. The maximum absolute atomic E-state index is 13.2. The fourth-order valence-electron chi connectivity index (χ4n) is 1.33. The molecule has 0 aliphatic heterocycles. The van der Waals surface area contributed by atoms with E-state index in [1.807, 2.05) is 0 Å². The van der Waals surface area contributed by atoms with Crippen LogP contribution in [0.3, 0.4) is 0 Å². The van der Waals surface area contributed by atoms with Crippen LogP contribution in [0.15, 0.2) is 18.2 Å². The van der Waals surface area contributed by atoms with E-state index in [1.54, 1.807) is 19.1 Å². The molecule has 1 nitrogen and oxygen atoms in total. The van der Waals surface area contributed by atoms with Crippen LogP contribution in [0.2, 0.25) is 10.2 Å². The van der Waals surface area contributed by atoms with Crippen LogP contribution in [0.1, 0.15) is 5.56 Å². The lowest BCUT2D eigenvalue weighted by molar-refractivity contribution is 0.620. The molecule has 0 amide bonds. The fraction of sp³-hybridized carbons (Fsp3) is 0.100. The Kier molecular flexibility index (Phi) is 2.33. The van der Waals surface area contributed by atoms with Crippen molar-refractivity contribution in [2.24, 2.45) is 0 Å². The van der Waals surface area contributed by atoms with Gasteiger partial charge in [-0.1, -0.05) is 23.2 Å². The van der Waals surface area contributed by atoms with Gasteiger partial charge in [0, 0.05) is 10.9 Å². The third kappa shape index (κ3) is 1.45. The maximum Gasteiger partial charge on any atom is 0.131 e. The molecule has 0 saturated heterocycles.